The van der Waals surface area contributed by atoms with Crippen LogP contribution in [0.1, 0.15) is 426 Å². The smallest absolute Gasteiger partial charge is 0.550 e. The van der Waals surface area contributed by atoms with E-state index in [-0.39, 0.29) is 56.5 Å². The van der Waals surface area contributed by atoms with Crippen molar-refractivity contribution in [3.05, 3.63) is 0 Å². The van der Waals surface area contributed by atoms with Crippen molar-refractivity contribution >= 4 is 23.9 Å². The zero-order valence-corrected chi connectivity index (χ0v) is 57.9. The largest absolute Gasteiger partial charge is 2.00 e. The Balaban J connectivity index is -0.00000148. The van der Waals surface area contributed by atoms with Crippen molar-refractivity contribution in [1.29, 1.82) is 0 Å². The molecule has 9 heteroatoms. The molecule has 8 nitrogen and oxygen atoms in total. The van der Waals surface area contributed by atoms with Crippen LogP contribution in [0.25, 0.3) is 0 Å². The van der Waals surface area contributed by atoms with Crippen LogP contribution < -0.4 is 10.2 Å². The first kappa shape index (κ1) is 83.7. The van der Waals surface area contributed by atoms with Crippen molar-refractivity contribution in [2.45, 2.75) is 438 Å². The van der Waals surface area contributed by atoms with Gasteiger partial charge >= 0.3 is 31.4 Å². The van der Waals surface area contributed by atoms with Gasteiger partial charge < -0.3 is 29.3 Å². The summed E-state index contributed by atoms with van der Waals surface area (Å²) >= 11 is 0. The Morgan fingerprint density at radius 1 is 0.235 bits per heavy atom. The molecular formula is C72H138O8Zn. The fraction of sp³-hybridized carbons (Fsp3) is 0.944. The molecule has 0 aromatic heterocycles. The minimum atomic E-state index is -1.06. The van der Waals surface area contributed by atoms with Crippen molar-refractivity contribution in [1.82, 2.24) is 0 Å². The number of esters is 2. The number of aliphatic carboxylic acids is 2. The molecule has 0 saturated carbocycles. The number of rotatable bonds is 66. The third-order valence-corrected chi connectivity index (χ3v) is 16.7. The average molecular weight is 1200 g/mol. The maximum absolute atomic E-state index is 12.4. The zero-order valence-electron chi connectivity index (χ0n) is 55.0. The summed E-state index contributed by atoms with van der Waals surface area (Å²) in [5.74, 6) is -2.43. The summed E-state index contributed by atoms with van der Waals surface area (Å²) in [6.45, 7) is 9.07. The SMILES string of the molecule is CCCCCCCCCCCCCCCCCC(=O)OC(CCCCCCCCCCCCCC)CCC(=O)[O-].CCCCCCCCCCCCCCCCCC(=O)OC(CCCCCCCCCCCCCC)CCC(=O)[O-].[Zn+2]. The molecule has 0 rings (SSSR count). The maximum atomic E-state index is 12.4. The Kier molecular flexibility index (Phi) is 75.2. The zero-order chi connectivity index (χ0) is 58.7. The van der Waals surface area contributed by atoms with E-state index in [2.05, 4.69) is 27.7 Å². The second-order valence-electron chi connectivity index (χ2n) is 24.8. The third-order valence-electron chi connectivity index (χ3n) is 16.7. The Morgan fingerprint density at radius 3 is 0.568 bits per heavy atom. The van der Waals surface area contributed by atoms with Crippen molar-refractivity contribution in [3.63, 3.8) is 0 Å². The number of carboxylic acids is 2. The number of ether oxygens (including phenoxy) is 2. The van der Waals surface area contributed by atoms with Crippen LogP contribution in [-0.2, 0) is 48.1 Å². The van der Waals surface area contributed by atoms with Gasteiger partial charge in [0.15, 0.2) is 0 Å². The number of carbonyl (C=O) groups is 4. The second-order valence-corrected chi connectivity index (χ2v) is 24.8. The first-order chi connectivity index (χ1) is 39.2. The molecule has 0 bridgehead atoms. The van der Waals surface area contributed by atoms with E-state index in [0.717, 1.165) is 64.2 Å². The Hall–Kier alpha value is -1.50. The third kappa shape index (κ3) is 74.6. The second kappa shape index (κ2) is 72.8. The Labute approximate surface area is 517 Å². The fourth-order valence-electron chi connectivity index (χ4n) is 11.3. The predicted molar refractivity (Wildman–Crippen MR) is 339 cm³/mol. The molecule has 0 heterocycles. The summed E-state index contributed by atoms with van der Waals surface area (Å²) in [6.07, 6.45) is 72.8. The summed E-state index contributed by atoms with van der Waals surface area (Å²) < 4.78 is 11.4. The van der Waals surface area contributed by atoms with Gasteiger partial charge in [-0.15, -0.1) is 0 Å². The molecule has 81 heavy (non-hydrogen) atoms. The summed E-state index contributed by atoms with van der Waals surface area (Å²) in [5, 5.41) is 21.9. The Bertz CT molecular complexity index is 1170. The van der Waals surface area contributed by atoms with Crippen molar-refractivity contribution in [2.24, 2.45) is 0 Å². The first-order valence-electron chi connectivity index (χ1n) is 36.0. The van der Waals surface area contributed by atoms with E-state index < -0.39 is 11.9 Å². The van der Waals surface area contributed by atoms with Crippen LogP contribution in [0.3, 0.4) is 0 Å². The van der Waals surface area contributed by atoms with Gasteiger partial charge in [0.05, 0.1) is 0 Å². The molecule has 0 spiro atoms. The van der Waals surface area contributed by atoms with E-state index in [4.69, 9.17) is 9.47 Å². The van der Waals surface area contributed by atoms with Gasteiger partial charge in [-0.2, -0.15) is 0 Å². The van der Waals surface area contributed by atoms with Crippen molar-refractivity contribution < 1.29 is 58.3 Å². The van der Waals surface area contributed by atoms with Crippen molar-refractivity contribution in [2.75, 3.05) is 0 Å². The first-order valence-corrected chi connectivity index (χ1v) is 36.0. The van der Waals surface area contributed by atoms with Gasteiger partial charge in [0.2, 0.25) is 0 Å². The number of unbranched alkanes of at least 4 members (excludes halogenated alkanes) is 50. The van der Waals surface area contributed by atoms with Gasteiger partial charge in [0.25, 0.3) is 0 Å². The molecule has 0 amide bonds. The van der Waals surface area contributed by atoms with Gasteiger partial charge in [-0.1, -0.05) is 349 Å². The molecule has 2 unspecified atom stereocenters. The molecule has 0 aromatic carbocycles. The minimum absolute atomic E-state index is 0. The average Bonchev–Trinajstić information content (AvgIpc) is 3.44. The quantitative estimate of drug-likeness (QED) is 0.0334. The molecule has 0 radical (unpaired) electrons. The van der Waals surface area contributed by atoms with E-state index in [1.54, 1.807) is 0 Å². The normalized spacial score (nSPS) is 11.9. The van der Waals surface area contributed by atoms with Crippen LogP contribution >= 0.6 is 0 Å². The van der Waals surface area contributed by atoms with Gasteiger partial charge in [0.1, 0.15) is 12.2 Å². The fourth-order valence-corrected chi connectivity index (χ4v) is 11.3. The van der Waals surface area contributed by atoms with Gasteiger partial charge in [0, 0.05) is 24.8 Å². The number of carboxylic acid groups (broad SMARTS) is 2. The topological polar surface area (TPSA) is 133 Å². The monoisotopic (exact) mass is 1190 g/mol. The summed E-state index contributed by atoms with van der Waals surface area (Å²) in [6, 6.07) is 0. The van der Waals surface area contributed by atoms with E-state index >= 15 is 0 Å². The maximum Gasteiger partial charge on any atom is 2.00 e. The van der Waals surface area contributed by atoms with Crippen LogP contribution in [-0.4, -0.2) is 36.1 Å². The standard InChI is InChI=1S/2C36H70O4.Zn/c2*1-3-5-7-9-11-13-15-17-18-19-21-23-25-27-29-31-36(39)40-34(32-33-35(37)38)30-28-26-24-22-20-16-14-12-10-8-6-4-2;/h2*34H,3-33H2,1-2H3,(H,37,38);/q;;+2/p-2. The number of hydrogen-bond donors (Lipinski definition) is 0. The predicted octanol–water partition coefficient (Wildman–Crippen LogP) is 21.6. The van der Waals surface area contributed by atoms with Crippen LogP contribution in [0.2, 0.25) is 0 Å². The molecule has 0 saturated heterocycles. The van der Waals surface area contributed by atoms with Gasteiger partial charge in [-0.25, -0.2) is 0 Å². The van der Waals surface area contributed by atoms with Crippen LogP contribution in [0.4, 0.5) is 0 Å². The van der Waals surface area contributed by atoms with Gasteiger partial charge in [-0.05, 0) is 64.2 Å². The molecule has 476 valence electrons. The van der Waals surface area contributed by atoms with Crippen LogP contribution in [0.15, 0.2) is 0 Å². The number of hydrogen-bond acceptors (Lipinski definition) is 8. The molecule has 0 aromatic rings. The van der Waals surface area contributed by atoms with Crippen LogP contribution in [0.5, 0.6) is 0 Å². The molecular weight excluding hydrogens is 1060 g/mol. The van der Waals surface area contributed by atoms with E-state index in [0.29, 0.717) is 25.7 Å². The van der Waals surface area contributed by atoms with Gasteiger partial charge in [-0.3, -0.25) is 9.59 Å². The summed E-state index contributed by atoms with van der Waals surface area (Å²) in [5.41, 5.74) is 0. The van der Waals surface area contributed by atoms with Crippen molar-refractivity contribution in [3.8, 4) is 0 Å². The Morgan fingerprint density at radius 2 is 0.395 bits per heavy atom. The summed E-state index contributed by atoms with van der Waals surface area (Å²) in [7, 11) is 0. The van der Waals surface area contributed by atoms with E-state index in [1.165, 1.54) is 295 Å². The molecule has 0 N–H and O–H groups in total. The van der Waals surface area contributed by atoms with E-state index in [1.807, 2.05) is 0 Å². The van der Waals surface area contributed by atoms with Crippen LogP contribution in [0, 0.1) is 0 Å². The molecule has 0 fully saturated rings. The van der Waals surface area contributed by atoms with E-state index in [9.17, 15) is 29.4 Å². The summed E-state index contributed by atoms with van der Waals surface area (Å²) in [4.78, 5) is 46.6. The molecule has 0 aliphatic rings. The molecule has 0 aliphatic heterocycles. The minimum Gasteiger partial charge on any atom is -0.550 e. The molecule has 2 atom stereocenters. The number of carbonyl (C=O) groups excluding carboxylic acids is 4. The molecule has 0 aliphatic carbocycles.